The van der Waals surface area contributed by atoms with E-state index in [0.29, 0.717) is 11.3 Å². The van der Waals surface area contributed by atoms with Gasteiger partial charge in [-0.25, -0.2) is 4.79 Å². The van der Waals surface area contributed by atoms with Gasteiger partial charge in [-0.1, -0.05) is 47.6 Å². The lowest BCUT2D eigenvalue weighted by molar-refractivity contribution is 0.0508. The van der Waals surface area contributed by atoms with Gasteiger partial charge in [0.25, 0.3) is 5.91 Å². The summed E-state index contributed by atoms with van der Waals surface area (Å²) in [5.41, 5.74) is 3.10. The third-order valence-electron chi connectivity index (χ3n) is 3.96. The molecule has 0 aliphatic carbocycles. The Labute approximate surface area is 163 Å². The van der Waals surface area contributed by atoms with Crippen molar-refractivity contribution in [1.82, 2.24) is 10.5 Å². The van der Waals surface area contributed by atoms with E-state index in [4.69, 9.17) is 9.26 Å². The van der Waals surface area contributed by atoms with E-state index in [1.165, 1.54) is 0 Å². The van der Waals surface area contributed by atoms with Crippen LogP contribution in [0.15, 0.2) is 59.1 Å². The van der Waals surface area contributed by atoms with Gasteiger partial charge in [0.1, 0.15) is 17.1 Å². The number of alkyl carbamates (subject to hydrolysis) is 1. The third-order valence-corrected chi connectivity index (χ3v) is 3.96. The Balaban J connectivity index is 1.82. The number of aromatic nitrogens is 1. The molecule has 1 heterocycles. The standard InChI is InChI=1S/C22H22N2O4/c1-14-18(19(24-28-14)16-8-6-5-7-9-16)15-10-12-17(13-11-15)20(25)23-21(26)27-22(2,3)4/h5-13H,1-4H3,(H,23,25,26). The predicted molar refractivity (Wildman–Crippen MR) is 106 cm³/mol. The number of rotatable bonds is 3. The number of imide groups is 1. The van der Waals surface area contributed by atoms with Gasteiger partial charge in [-0.15, -0.1) is 0 Å². The predicted octanol–water partition coefficient (Wildman–Crippen LogP) is 4.98. The summed E-state index contributed by atoms with van der Waals surface area (Å²) < 4.78 is 10.5. The largest absolute Gasteiger partial charge is 0.444 e. The molecular weight excluding hydrogens is 356 g/mol. The SMILES string of the molecule is Cc1onc(-c2ccccc2)c1-c1ccc(C(=O)NC(=O)OC(C)(C)C)cc1. The van der Waals surface area contributed by atoms with Gasteiger partial charge >= 0.3 is 6.09 Å². The minimum absolute atomic E-state index is 0.352. The Kier molecular flexibility index (Phi) is 5.31. The average Bonchev–Trinajstić information content (AvgIpc) is 3.02. The van der Waals surface area contributed by atoms with Crippen molar-refractivity contribution < 1.29 is 18.8 Å². The van der Waals surface area contributed by atoms with Gasteiger partial charge in [0.2, 0.25) is 0 Å². The number of ether oxygens (including phenoxy) is 1. The zero-order chi connectivity index (χ0) is 20.3. The number of carbonyl (C=O) groups is 2. The molecule has 0 saturated heterocycles. The fraction of sp³-hybridized carbons (Fsp3) is 0.227. The van der Waals surface area contributed by atoms with Gasteiger partial charge < -0.3 is 9.26 Å². The van der Waals surface area contributed by atoms with Crippen molar-refractivity contribution in [3.63, 3.8) is 0 Å². The van der Waals surface area contributed by atoms with Crippen LogP contribution in [0.25, 0.3) is 22.4 Å². The summed E-state index contributed by atoms with van der Waals surface area (Å²) in [6.45, 7) is 7.05. The summed E-state index contributed by atoms with van der Waals surface area (Å²) in [6, 6.07) is 16.6. The minimum Gasteiger partial charge on any atom is -0.444 e. The lowest BCUT2D eigenvalue weighted by atomic mass is 9.98. The van der Waals surface area contributed by atoms with E-state index in [2.05, 4.69) is 10.5 Å². The van der Waals surface area contributed by atoms with Crippen molar-refractivity contribution in [2.24, 2.45) is 0 Å². The summed E-state index contributed by atoms with van der Waals surface area (Å²) in [4.78, 5) is 24.0. The smallest absolute Gasteiger partial charge is 0.414 e. The van der Waals surface area contributed by atoms with Crippen molar-refractivity contribution in [2.75, 3.05) is 0 Å². The van der Waals surface area contributed by atoms with Crippen LogP contribution in [0.5, 0.6) is 0 Å². The van der Waals surface area contributed by atoms with Gasteiger partial charge in [0.05, 0.1) is 5.56 Å². The maximum atomic E-state index is 12.3. The monoisotopic (exact) mass is 378 g/mol. The van der Waals surface area contributed by atoms with E-state index >= 15 is 0 Å². The van der Waals surface area contributed by atoms with E-state index in [0.717, 1.165) is 22.4 Å². The summed E-state index contributed by atoms with van der Waals surface area (Å²) in [6.07, 6.45) is -0.775. The maximum absolute atomic E-state index is 12.3. The number of carbonyl (C=O) groups excluding carboxylic acids is 2. The average molecular weight is 378 g/mol. The molecule has 0 fully saturated rings. The molecule has 2 amide bonds. The van der Waals surface area contributed by atoms with Crippen LogP contribution in [0.2, 0.25) is 0 Å². The zero-order valence-corrected chi connectivity index (χ0v) is 16.3. The molecule has 144 valence electrons. The Bertz CT molecular complexity index is 984. The second kappa shape index (κ2) is 7.68. The highest BCUT2D eigenvalue weighted by Crippen LogP contribution is 2.34. The molecule has 6 heteroatoms. The number of aryl methyl sites for hydroxylation is 1. The second-order valence-electron chi connectivity index (χ2n) is 7.36. The molecule has 1 N–H and O–H groups in total. The van der Waals surface area contributed by atoms with E-state index < -0.39 is 17.6 Å². The molecule has 0 aliphatic heterocycles. The Morgan fingerprint density at radius 1 is 0.964 bits per heavy atom. The third kappa shape index (κ3) is 4.46. The Morgan fingerprint density at radius 2 is 1.61 bits per heavy atom. The molecule has 0 spiro atoms. The van der Waals surface area contributed by atoms with Crippen molar-refractivity contribution >= 4 is 12.0 Å². The van der Waals surface area contributed by atoms with Crippen molar-refractivity contribution in [3.05, 3.63) is 65.9 Å². The molecule has 0 unspecified atom stereocenters. The first-order valence-corrected chi connectivity index (χ1v) is 8.91. The Hall–Kier alpha value is -3.41. The number of nitrogens with zero attached hydrogens (tertiary/aromatic N) is 1. The fourth-order valence-corrected chi connectivity index (χ4v) is 2.76. The van der Waals surface area contributed by atoms with E-state index in [1.807, 2.05) is 37.3 Å². The molecule has 6 nitrogen and oxygen atoms in total. The molecule has 28 heavy (non-hydrogen) atoms. The van der Waals surface area contributed by atoms with Crippen molar-refractivity contribution in [3.8, 4) is 22.4 Å². The fourth-order valence-electron chi connectivity index (χ4n) is 2.76. The van der Waals surface area contributed by atoms with Gasteiger partial charge in [0.15, 0.2) is 0 Å². The molecule has 0 saturated carbocycles. The number of benzene rings is 2. The lowest BCUT2D eigenvalue weighted by Gasteiger charge is -2.19. The quantitative estimate of drug-likeness (QED) is 0.695. The number of nitrogens with one attached hydrogen (secondary N) is 1. The van der Waals surface area contributed by atoms with Crippen LogP contribution in [0.4, 0.5) is 4.79 Å². The first-order valence-electron chi connectivity index (χ1n) is 8.91. The second-order valence-corrected chi connectivity index (χ2v) is 7.36. The van der Waals surface area contributed by atoms with Gasteiger partial charge in [-0.2, -0.15) is 0 Å². The van der Waals surface area contributed by atoms with Crippen LogP contribution >= 0.6 is 0 Å². The molecular formula is C22H22N2O4. The van der Waals surface area contributed by atoms with E-state index in [1.54, 1.807) is 45.0 Å². The molecule has 1 aromatic heterocycles. The maximum Gasteiger partial charge on any atom is 0.414 e. The molecule has 0 radical (unpaired) electrons. The van der Waals surface area contributed by atoms with Gasteiger partial charge in [-0.05, 0) is 45.4 Å². The topological polar surface area (TPSA) is 81.4 Å². The summed E-state index contributed by atoms with van der Waals surface area (Å²) >= 11 is 0. The first-order chi connectivity index (χ1) is 13.2. The number of amides is 2. The van der Waals surface area contributed by atoms with Crippen LogP contribution in [0.1, 0.15) is 36.9 Å². The molecule has 3 aromatic rings. The van der Waals surface area contributed by atoms with Crippen LogP contribution in [-0.2, 0) is 4.74 Å². The first kappa shape index (κ1) is 19.4. The Morgan fingerprint density at radius 3 is 2.21 bits per heavy atom. The highest BCUT2D eigenvalue weighted by molar-refractivity contribution is 6.03. The zero-order valence-electron chi connectivity index (χ0n) is 16.3. The van der Waals surface area contributed by atoms with Crippen LogP contribution < -0.4 is 5.32 Å². The molecule has 0 atom stereocenters. The normalized spacial score (nSPS) is 11.1. The molecule has 0 bridgehead atoms. The number of hydrogen-bond donors (Lipinski definition) is 1. The van der Waals surface area contributed by atoms with Crippen molar-refractivity contribution in [1.29, 1.82) is 0 Å². The van der Waals surface area contributed by atoms with Crippen LogP contribution in [-0.4, -0.2) is 22.8 Å². The highest BCUT2D eigenvalue weighted by Gasteiger charge is 2.20. The lowest BCUT2D eigenvalue weighted by Crippen LogP contribution is -2.36. The summed E-state index contributed by atoms with van der Waals surface area (Å²) in [7, 11) is 0. The van der Waals surface area contributed by atoms with Gasteiger partial charge in [-0.3, -0.25) is 10.1 Å². The van der Waals surface area contributed by atoms with Crippen LogP contribution in [0, 0.1) is 6.92 Å². The van der Waals surface area contributed by atoms with Gasteiger partial charge in [0, 0.05) is 11.1 Å². The minimum atomic E-state index is -0.775. The highest BCUT2D eigenvalue weighted by atomic mass is 16.6. The summed E-state index contributed by atoms with van der Waals surface area (Å²) in [5, 5.41) is 6.40. The summed E-state index contributed by atoms with van der Waals surface area (Å²) in [5.74, 6) is 0.163. The van der Waals surface area contributed by atoms with E-state index in [9.17, 15) is 9.59 Å². The number of hydrogen-bond acceptors (Lipinski definition) is 5. The van der Waals surface area contributed by atoms with E-state index in [-0.39, 0.29) is 0 Å². The molecule has 2 aromatic carbocycles. The van der Waals surface area contributed by atoms with Crippen LogP contribution in [0.3, 0.4) is 0 Å². The molecule has 0 aliphatic rings. The molecule has 3 rings (SSSR count). The van der Waals surface area contributed by atoms with Crippen molar-refractivity contribution in [2.45, 2.75) is 33.3 Å².